The molecule has 0 aliphatic heterocycles. The van der Waals surface area contributed by atoms with E-state index < -0.39 is 0 Å². The van der Waals surface area contributed by atoms with E-state index in [2.05, 4.69) is 10.2 Å². The Morgan fingerprint density at radius 1 is 1.16 bits per heavy atom. The Morgan fingerprint density at radius 2 is 2.00 bits per heavy atom. The van der Waals surface area contributed by atoms with Crippen LogP contribution in [0.15, 0.2) is 42.6 Å². The molecular formula is C14H12ClN3O. The predicted molar refractivity (Wildman–Crippen MR) is 74.6 cm³/mol. The first-order valence-electron chi connectivity index (χ1n) is 6.02. The van der Waals surface area contributed by atoms with Gasteiger partial charge >= 0.3 is 0 Å². The number of fused-ring (bicyclic) bond motifs is 1. The van der Waals surface area contributed by atoms with E-state index in [0.29, 0.717) is 17.3 Å². The molecule has 0 atom stereocenters. The van der Waals surface area contributed by atoms with Crippen LogP contribution in [0.4, 0.5) is 0 Å². The van der Waals surface area contributed by atoms with Gasteiger partial charge in [0.05, 0.1) is 17.2 Å². The summed E-state index contributed by atoms with van der Waals surface area (Å²) in [5, 5.41) is 8.92. The molecule has 0 saturated carbocycles. The summed E-state index contributed by atoms with van der Waals surface area (Å²) in [5.74, 6) is 1.51. The molecule has 3 aromatic rings. The standard InChI is InChI=1S/C14H12ClN3O/c1-2-19-12-8-4-3-6-10(12)13-16-17-14-11(15)7-5-9-18(13)14/h3-9H,2H2,1H3. The molecule has 0 saturated heterocycles. The molecule has 0 aliphatic rings. The quantitative estimate of drug-likeness (QED) is 0.734. The van der Waals surface area contributed by atoms with Crippen LogP contribution >= 0.6 is 11.6 Å². The highest BCUT2D eigenvalue weighted by molar-refractivity contribution is 6.33. The Kier molecular flexibility index (Phi) is 3.09. The molecule has 5 heteroatoms. The first-order chi connectivity index (χ1) is 9.31. The van der Waals surface area contributed by atoms with E-state index in [9.17, 15) is 0 Å². The summed E-state index contributed by atoms with van der Waals surface area (Å²) in [7, 11) is 0. The molecule has 0 fully saturated rings. The van der Waals surface area contributed by atoms with Gasteiger partial charge in [0.2, 0.25) is 0 Å². The van der Waals surface area contributed by atoms with Crippen molar-refractivity contribution in [3.8, 4) is 17.1 Å². The predicted octanol–water partition coefficient (Wildman–Crippen LogP) is 3.45. The Balaban J connectivity index is 2.22. The summed E-state index contributed by atoms with van der Waals surface area (Å²) in [6.45, 7) is 2.56. The highest BCUT2D eigenvalue weighted by Crippen LogP contribution is 2.29. The van der Waals surface area contributed by atoms with Gasteiger partial charge in [-0.25, -0.2) is 0 Å². The van der Waals surface area contributed by atoms with Gasteiger partial charge in [-0.1, -0.05) is 23.7 Å². The lowest BCUT2D eigenvalue weighted by Gasteiger charge is -2.08. The van der Waals surface area contributed by atoms with Crippen molar-refractivity contribution in [2.45, 2.75) is 6.92 Å². The monoisotopic (exact) mass is 273 g/mol. The second-order valence-corrected chi connectivity index (χ2v) is 4.41. The molecule has 4 nitrogen and oxygen atoms in total. The molecule has 0 aliphatic carbocycles. The van der Waals surface area contributed by atoms with Crippen molar-refractivity contribution in [3.05, 3.63) is 47.6 Å². The SMILES string of the molecule is CCOc1ccccc1-c1nnc2c(Cl)cccn12. The molecule has 0 N–H and O–H groups in total. The van der Waals surface area contributed by atoms with Crippen LogP contribution in [-0.4, -0.2) is 21.2 Å². The van der Waals surface area contributed by atoms with Gasteiger partial charge in [0.15, 0.2) is 11.5 Å². The molecule has 1 aromatic carbocycles. The minimum atomic E-state index is 0.579. The van der Waals surface area contributed by atoms with E-state index in [1.54, 1.807) is 6.07 Å². The molecule has 19 heavy (non-hydrogen) atoms. The lowest BCUT2D eigenvalue weighted by molar-refractivity contribution is 0.341. The van der Waals surface area contributed by atoms with Crippen LogP contribution in [0.2, 0.25) is 5.02 Å². The van der Waals surface area contributed by atoms with Gasteiger partial charge in [-0.2, -0.15) is 0 Å². The highest BCUT2D eigenvalue weighted by Gasteiger charge is 2.13. The Labute approximate surface area is 115 Å². The summed E-state index contributed by atoms with van der Waals surface area (Å²) >= 11 is 6.10. The average Bonchev–Trinajstić information content (AvgIpc) is 2.85. The summed E-state index contributed by atoms with van der Waals surface area (Å²) < 4.78 is 7.49. The van der Waals surface area contributed by atoms with Crippen molar-refractivity contribution in [2.75, 3.05) is 6.61 Å². The van der Waals surface area contributed by atoms with Gasteiger partial charge in [-0.05, 0) is 31.2 Å². The average molecular weight is 274 g/mol. The van der Waals surface area contributed by atoms with Gasteiger partial charge < -0.3 is 4.74 Å². The maximum absolute atomic E-state index is 6.10. The summed E-state index contributed by atoms with van der Waals surface area (Å²) in [6, 6.07) is 11.4. The molecule has 96 valence electrons. The van der Waals surface area contributed by atoms with E-state index in [0.717, 1.165) is 17.1 Å². The van der Waals surface area contributed by atoms with Crippen LogP contribution in [0.1, 0.15) is 6.92 Å². The molecular weight excluding hydrogens is 262 g/mol. The fourth-order valence-corrected chi connectivity index (χ4v) is 2.20. The minimum Gasteiger partial charge on any atom is -0.493 e. The molecule has 2 aromatic heterocycles. The zero-order chi connectivity index (χ0) is 13.2. The minimum absolute atomic E-state index is 0.579. The van der Waals surface area contributed by atoms with E-state index in [-0.39, 0.29) is 0 Å². The smallest absolute Gasteiger partial charge is 0.179 e. The molecule has 0 amide bonds. The lowest BCUT2D eigenvalue weighted by Crippen LogP contribution is -1.96. The van der Waals surface area contributed by atoms with Crippen LogP contribution in [0.5, 0.6) is 5.75 Å². The Hall–Kier alpha value is -2.07. The molecule has 0 bridgehead atoms. The van der Waals surface area contributed by atoms with Crippen LogP contribution in [0.25, 0.3) is 17.0 Å². The number of para-hydroxylation sites is 1. The van der Waals surface area contributed by atoms with Crippen LogP contribution < -0.4 is 4.74 Å². The fourth-order valence-electron chi connectivity index (χ4n) is 2.00. The largest absolute Gasteiger partial charge is 0.493 e. The topological polar surface area (TPSA) is 39.4 Å². The third-order valence-corrected chi connectivity index (χ3v) is 3.11. The van der Waals surface area contributed by atoms with Crippen molar-refractivity contribution < 1.29 is 4.74 Å². The first kappa shape index (κ1) is 12.0. The Bertz CT molecular complexity index is 724. The van der Waals surface area contributed by atoms with Crippen LogP contribution in [0, 0.1) is 0 Å². The van der Waals surface area contributed by atoms with Gasteiger partial charge in [0, 0.05) is 6.20 Å². The summed E-state index contributed by atoms with van der Waals surface area (Å²) in [4.78, 5) is 0. The van der Waals surface area contributed by atoms with Crippen LogP contribution in [0.3, 0.4) is 0 Å². The number of hydrogen-bond donors (Lipinski definition) is 0. The van der Waals surface area contributed by atoms with Crippen molar-refractivity contribution in [3.63, 3.8) is 0 Å². The van der Waals surface area contributed by atoms with E-state index in [4.69, 9.17) is 16.3 Å². The number of aromatic nitrogens is 3. The lowest BCUT2D eigenvalue weighted by atomic mass is 10.2. The Morgan fingerprint density at radius 3 is 2.84 bits per heavy atom. The molecule has 0 spiro atoms. The third kappa shape index (κ3) is 2.04. The van der Waals surface area contributed by atoms with E-state index in [1.165, 1.54) is 0 Å². The number of pyridine rings is 1. The zero-order valence-electron chi connectivity index (χ0n) is 10.4. The first-order valence-corrected chi connectivity index (χ1v) is 6.40. The summed E-state index contributed by atoms with van der Waals surface area (Å²) in [5.41, 5.74) is 1.55. The molecule has 3 rings (SSSR count). The van der Waals surface area contributed by atoms with E-state index >= 15 is 0 Å². The zero-order valence-corrected chi connectivity index (χ0v) is 11.1. The number of hydrogen-bond acceptors (Lipinski definition) is 3. The van der Waals surface area contributed by atoms with Crippen molar-refractivity contribution >= 4 is 17.2 Å². The van der Waals surface area contributed by atoms with Gasteiger partial charge in [-0.3, -0.25) is 4.40 Å². The second-order valence-electron chi connectivity index (χ2n) is 4.00. The van der Waals surface area contributed by atoms with Crippen molar-refractivity contribution in [2.24, 2.45) is 0 Å². The molecule has 0 radical (unpaired) electrons. The van der Waals surface area contributed by atoms with Crippen LogP contribution in [-0.2, 0) is 0 Å². The number of benzene rings is 1. The second kappa shape index (κ2) is 4.90. The van der Waals surface area contributed by atoms with E-state index in [1.807, 2.05) is 47.9 Å². The summed E-state index contributed by atoms with van der Waals surface area (Å²) in [6.07, 6.45) is 1.89. The normalized spacial score (nSPS) is 10.8. The number of nitrogens with zero attached hydrogens (tertiary/aromatic N) is 3. The van der Waals surface area contributed by atoms with Gasteiger partial charge in [0.25, 0.3) is 0 Å². The van der Waals surface area contributed by atoms with Crippen molar-refractivity contribution in [1.82, 2.24) is 14.6 Å². The maximum atomic E-state index is 6.10. The molecule has 2 heterocycles. The number of ether oxygens (including phenoxy) is 1. The van der Waals surface area contributed by atoms with Gasteiger partial charge in [-0.15, -0.1) is 10.2 Å². The highest BCUT2D eigenvalue weighted by atomic mass is 35.5. The molecule has 0 unspecified atom stereocenters. The number of halogens is 1. The fraction of sp³-hybridized carbons (Fsp3) is 0.143. The maximum Gasteiger partial charge on any atom is 0.179 e. The third-order valence-electron chi connectivity index (χ3n) is 2.81. The van der Waals surface area contributed by atoms with Crippen molar-refractivity contribution in [1.29, 1.82) is 0 Å². The number of rotatable bonds is 3. The van der Waals surface area contributed by atoms with Gasteiger partial charge in [0.1, 0.15) is 5.75 Å².